The molecule has 1 aliphatic carbocycles. The van der Waals surface area contributed by atoms with Gasteiger partial charge < -0.3 is 10.4 Å². The Hall–Kier alpha value is -2.86. The first-order valence-corrected chi connectivity index (χ1v) is 10.1. The third-order valence-corrected chi connectivity index (χ3v) is 5.93. The second kappa shape index (κ2) is 7.13. The van der Waals surface area contributed by atoms with Crippen LogP contribution in [0.4, 0.5) is 15.8 Å². The van der Waals surface area contributed by atoms with Gasteiger partial charge in [-0.25, -0.2) is 4.39 Å². The standard InChI is InChI=1S/C23H22ClFN2O3/c1-12(28)27-17-5-4-6-18(29)21(17)26-16-10-23(2,3)11-19(30)20(16)22(27)14-8-7-13(25)9-15(14)24/h4-9,22,26,29H,10-11H2,1-3H3. The number of nitrogens with one attached hydrogen (secondary N) is 1. The Bertz CT molecular complexity index is 1110. The van der Waals surface area contributed by atoms with Crippen LogP contribution in [0.3, 0.4) is 0 Å². The summed E-state index contributed by atoms with van der Waals surface area (Å²) in [7, 11) is 0. The number of rotatable bonds is 1. The van der Waals surface area contributed by atoms with Gasteiger partial charge in [0.2, 0.25) is 5.91 Å². The number of halogens is 2. The molecule has 7 heteroatoms. The van der Waals surface area contributed by atoms with Crippen molar-refractivity contribution in [3.8, 4) is 5.75 Å². The molecule has 1 unspecified atom stereocenters. The Kier molecular flexibility index (Phi) is 4.85. The molecule has 2 aliphatic rings. The first kappa shape index (κ1) is 20.4. The van der Waals surface area contributed by atoms with Crippen LogP contribution < -0.4 is 10.2 Å². The molecule has 156 valence electrons. The summed E-state index contributed by atoms with van der Waals surface area (Å²) in [5, 5.41) is 13.9. The number of benzene rings is 2. The minimum atomic E-state index is -0.843. The quantitative estimate of drug-likeness (QED) is 0.601. The Balaban J connectivity index is 2.06. The van der Waals surface area contributed by atoms with Crippen molar-refractivity contribution < 1.29 is 19.1 Å². The van der Waals surface area contributed by atoms with Gasteiger partial charge in [-0.3, -0.25) is 14.5 Å². The number of aromatic hydroxyl groups is 1. The summed E-state index contributed by atoms with van der Waals surface area (Å²) in [4.78, 5) is 27.7. The Labute approximate surface area is 179 Å². The molecule has 0 aromatic heterocycles. The van der Waals surface area contributed by atoms with Crippen molar-refractivity contribution in [2.45, 2.75) is 39.7 Å². The smallest absolute Gasteiger partial charge is 0.224 e. The number of hydrogen-bond acceptors (Lipinski definition) is 4. The number of Topliss-reactive ketones (excluding diaryl/α,β-unsaturated/α-hetero) is 1. The monoisotopic (exact) mass is 428 g/mol. The second-order valence-electron chi connectivity index (χ2n) is 8.59. The third-order valence-electron chi connectivity index (χ3n) is 5.60. The Morgan fingerprint density at radius 1 is 1.27 bits per heavy atom. The predicted octanol–water partition coefficient (Wildman–Crippen LogP) is 5.35. The van der Waals surface area contributed by atoms with Crippen LogP contribution in [0.1, 0.15) is 45.2 Å². The highest BCUT2D eigenvalue weighted by molar-refractivity contribution is 6.31. The van der Waals surface area contributed by atoms with Crippen LogP contribution in [0.5, 0.6) is 5.75 Å². The molecule has 0 bridgehead atoms. The molecule has 1 aliphatic heterocycles. The molecule has 0 radical (unpaired) electrons. The van der Waals surface area contributed by atoms with E-state index in [4.69, 9.17) is 11.6 Å². The van der Waals surface area contributed by atoms with E-state index in [0.717, 1.165) is 0 Å². The van der Waals surface area contributed by atoms with Crippen LogP contribution >= 0.6 is 11.6 Å². The predicted molar refractivity (Wildman–Crippen MR) is 114 cm³/mol. The largest absolute Gasteiger partial charge is 0.506 e. The number of para-hydroxylation sites is 1. The summed E-state index contributed by atoms with van der Waals surface area (Å²) >= 11 is 6.40. The fourth-order valence-electron chi connectivity index (χ4n) is 4.41. The molecule has 0 spiro atoms. The van der Waals surface area contributed by atoms with Gasteiger partial charge in [-0.1, -0.05) is 37.6 Å². The molecule has 1 atom stereocenters. The van der Waals surface area contributed by atoms with Gasteiger partial charge in [-0.15, -0.1) is 0 Å². The molecular formula is C23H22ClFN2O3. The van der Waals surface area contributed by atoms with Gasteiger partial charge in [0.05, 0.1) is 11.7 Å². The summed E-state index contributed by atoms with van der Waals surface area (Å²) in [6.45, 7) is 5.38. The number of anilines is 2. The molecule has 4 rings (SSSR count). The zero-order chi connectivity index (χ0) is 21.8. The number of nitrogens with zero attached hydrogens (tertiary/aromatic N) is 1. The molecule has 0 saturated heterocycles. The lowest BCUT2D eigenvalue weighted by molar-refractivity contribution is -0.118. The maximum absolute atomic E-state index is 13.8. The van der Waals surface area contributed by atoms with Crippen LogP contribution in [-0.4, -0.2) is 16.8 Å². The average molecular weight is 429 g/mol. The minimum absolute atomic E-state index is 0.0349. The van der Waals surface area contributed by atoms with Crippen molar-refractivity contribution in [1.29, 1.82) is 0 Å². The Morgan fingerprint density at radius 3 is 2.67 bits per heavy atom. The molecule has 0 saturated carbocycles. The molecule has 2 aromatic rings. The molecule has 1 amide bonds. The summed E-state index contributed by atoms with van der Waals surface area (Å²) in [5.74, 6) is -0.987. The van der Waals surface area contributed by atoms with Gasteiger partial charge in [0.25, 0.3) is 0 Å². The number of phenols is 1. The first-order chi connectivity index (χ1) is 14.1. The molecule has 0 fully saturated rings. The number of ketones is 1. The van der Waals surface area contributed by atoms with Crippen molar-refractivity contribution in [3.05, 3.63) is 64.1 Å². The average Bonchev–Trinajstić information content (AvgIpc) is 2.76. The van der Waals surface area contributed by atoms with E-state index >= 15 is 0 Å². The fraction of sp³-hybridized carbons (Fsp3) is 0.304. The Morgan fingerprint density at radius 2 is 2.00 bits per heavy atom. The molecule has 30 heavy (non-hydrogen) atoms. The van der Waals surface area contributed by atoms with Crippen molar-refractivity contribution in [2.75, 3.05) is 10.2 Å². The summed E-state index contributed by atoms with van der Waals surface area (Å²) in [6, 6.07) is 7.94. The third kappa shape index (κ3) is 3.35. The van der Waals surface area contributed by atoms with E-state index in [1.807, 2.05) is 13.8 Å². The molecule has 2 aromatic carbocycles. The summed E-state index contributed by atoms with van der Waals surface area (Å²) in [6.07, 6.45) is 0.847. The number of hydrogen-bond donors (Lipinski definition) is 2. The number of fused-ring (bicyclic) bond motifs is 1. The number of allylic oxidation sites excluding steroid dienone is 1. The maximum atomic E-state index is 13.8. The van der Waals surface area contributed by atoms with Crippen LogP contribution in [0.25, 0.3) is 0 Å². The number of carbonyl (C=O) groups is 2. The lowest BCUT2D eigenvalue weighted by atomic mass is 9.73. The summed E-state index contributed by atoms with van der Waals surface area (Å²) in [5.41, 5.74) is 1.98. The molecular weight excluding hydrogens is 407 g/mol. The molecule has 5 nitrogen and oxygen atoms in total. The van der Waals surface area contributed by atoms with Gasteiger partial charge in [0.1, 0.15) is 17.3 Å². The highest BCUT2D eigenvalue weighted by atomic mass is 35.5. The van der Waals surface area contributed by atoms with E-state index in [-0.39, 0.29) is 27.9 Å². The van der Waals surface area contributed by atoms with E-state index < -0.39 is 11.9 Å². The van der Waals surface area contributed by atoms with Gasteiger partial charge in [0, 0.05) is 29.6 Å². The SMILES string of the molecule is CC(=O)N1c2cccc(O)c2NC2=C(C(=O)CC(C)(C)C2)C1c1ccc(F)cc1Cl. The van der Waals surface area contributed by atoms with Crippen LogP contribution in [-0.2, 0) is 9.59 Å². The van der Waals surface area contributed by atoms with Gasteiger partial charge in [-0.2, -0.15) is 0 Å². The van der Waals surface area contributed by atoms with E-state index in [9.17, 15) is 19.1 Å². The molecule has 1 heterocycles. The van der Waals surface area contributed by atoms with Crippen LogP contribution in [0.15, 0.2) is 47.7 Å². The van der Waals surface area contributed by atoms with Crippen molar-refractivity contribution in [2.24, 2.45) is 5.41 Å². The van der Waals surface area contributed by atoms with E-state index in [1.54, 1.807) is 12.1 Å². The molecule has 2 N–H and O–H groups in total. The zero-order valence-electron chi connectivity index (χ0n) is 16.9. The first-order valence-electron chi connectivity index (χ1n) is 9.69. The maximum Gasteiger partial charge on any atom is 0.224 e. The van der Waals surface area contributed by atoms with Gasteiger partial charge in [0.15, 0.2) is 5.78 Å². The van der Waals surface area contributed by atoms with Crippen molar-refractivity contribution >= 4 is 34.7 Å². The van der Waals surface area contributed by atoms with E-state index in [2.05, 4.69) is 5.32 Å². The number of carbonyl (C=O) groups excluding carboxylic acids is 2. The minimum Gasteiger partial charge on any atom is -0.506 e. The highest BCUT2D eigenvalue weighted by Crippen LogP contribution is 2.51. The number of phenolic OH excluding ortho intramolecular Hbond substituents is 1. The highest BCUT2D eigenvalue weighted by Gasteiger charge is 2.43. The fourth-order valence-corrected chi connectivity index (χ4v) is 4.68. The topological polar surface area (TPSA) is 69.6 Å². The second-order valence-corrected chi connectivity index (χ2v) is 8.99. The van der Waals surface area contributed by atoms with Crippen molar-refractivity contribution in [3.63, 3.8) is 0 Å². The summed E-state index contributed by atoms with van der Waals surface area (Å²) < 4.78 is 13.8. The van der Waals surface area contributed by atoms with Crippen LogP contribution in [0.2, 0.25) is 5.02 Å². The van der Waals surface area contributed by atoms with E-state index in [1.165, 1.54) is 36.1 Å². The zero-order valence-corrected chi connectivity index (χ0v) is 17.7. The normalized spacial score (nSPS) is 20.2. The number of amides is 1. The van der Waals surface area contributed by atoms with Gasteiger partial charge >= 0.3 is 0 Å². The van der Waals surface area contributed by atoms with Crippen molar-refractivity contribution in [1.82, 2.24) is 0 Å². The van der Waals surface area contributed by atoms with Gasteiger partial charge in [-0.05, 0) is 41.7 Å². The van der Waals surface area contributed by atoms with Crippen LogP contribution in [0, 0.1) is 11.2 Å². The lowest BCUT2D eigenvalue weighted by Gasteiger charge is -2.37. The lowest BCUT2D eigenvalue weighted by Crippen LogP contribution is -2.38. The van der Waals surface area contributed by atoms with E-state index in [0.29, 0.717) is 41.1 Å².